The Morgan fingerprint density at radius 3 is 2.70 bits per heavy atom. The van der Waals surface area contributed by atoms with Gasteiger partial charge in [-0.05, 0) is 50.5 Å². The van der Waals surface area contributed by atoms with Crippen LogP contribution in [0.2, 0.25) is 0 Å². The molecular formula is C16H21N3O. The predicted octanol–water partition coefficient (Wildman–Crippen LogP) is 2.35. The highest BCUT2D eigenvalue weighted by Crippen LogP contribution is 2.23. The van der Waals surface area contributed by atoms with E-state index < -0.39 is 0 Å². The number of carbonyl (C=O) groups is 1. The minimum Gasteiger partial charge on any atom is -0.358 e. The number of aromatic amines is 1. The number of hydrogen-bond donors (Lipinski definition) is 2. The van der Waals surface area contributed by atoms with E-state index in [-0.39, 0.29) is 11.9 Å². The van der Waals surface area contributed by atoms with Gasteiger partial charge in [-0.2, -0.15) is 0 Å². The number of nitrogens with one attached hydrogen (secondary N) is 1. The summed E-state index contributed by atoms with van der Waals surface area (Å²) in [5.74, 6) is 0.122. The van der Waals surface area contributed by atoms with Gasteiger partial charge in [0.05, 0.1) is 0 Å². The van der Waals surface area contributed by atoms with Gasteiger partial charge in [0.25, 0.3) is 5.91 Å². The number of benzene rings is 1. The number of nitrogens with two attached hydrogens (primary N) is 1. The average molecular weight is 271 g/mol. The summed E-state index contributed by atoms with van der Waals surface area (Å²) in [6.07, 6.45) is 1.80. The topological polar surface area (TPSA) is 62.1 Å². The number of aryl methyl sites for hydroxylation is 2. The van der Waals surface area contributed by atoms with Crippen molar-refractivity contribution in [2.24, 2.45) is 5.73 Å². The van der Waals surface area contributed by atoms with E-state index in [0.717, 1.165) is 48.1 Å². The van der Waals surface area contributed by atoms with Crippen LogP contribution in [0.5, 0.6) is 0 Å². The highest BCUT2D eigenvalue weighted by Gasteiger charge is 2.22. The SMILES string of the molecule is Cc1[nH]c2ccc(C(=O)N3CCC(N)CC3)cc2c1C. The molecule has 2 aromatic rings. The summed E-state index contributed by atoms with van der Waals surface area (Å²) < 4.78 is 0. The van der Waals surface area contributed by atoms with E-state index in [1.54, 1.807) is 0 Å². The third-order valence-corrected chi connectivity index (χ3v) is 4.38. The first-order valence-corrected chi connectivity index (χ1v) is 7.20. The van der Waals surface area contributed by atoms with Gasteiger partial charge in [-0.3, -0.25) is 4.79 Å². The fraction of sp³-hybridized carbons (Fsp3) is 0.438. The van der Waals surface area contributed by atoms with Crippen molar-refractivity contribution in [1.82, 2.24) is 9.88 Å². The Morgan fingerprint density at radius 2 is 2.00 bits per heavy atom. The summed E-state index contributed by atoms with van der Waals surface area (Å²) in [5, 5.41) is 1.14. The number of H-pyrrole nitrogens is 1. The maximum absolute atomic E-state index is 12.5. The van der Waals surface area contributed by atoms with Crippen LogP contribution in [-0.2, 0) is 0 Å². The van der Waals surface area contributed by atoms with E-state index in [4.69, 9.17) is 5.73 Å². The molecule has 4 nitrogen and oxygen atoms in total. The molecule has 1 aromatic heterocycles. The molecule has 1 saturated heterocycles. The largest absolute Gasteiger partial charge is 0.358 e. The molecule has 0 spiro atoms. The number of fused-ring (bicyclic) bond motifs is 1. The number of carbonyl (C=O) groups excluding carboxylic acids is 1. The van der Waals surface area contributed by atoms with Crippen LogP contribution >= 0.6 is 0 Å². The molecule has 0 aliphatic carbocycles. The molecule has 0 atom stereocenters. The van der Waals surface area contributed by atoms with E-state index in [1.165, 1.54) is 5.56 Å². The Bertz CT molecular complexity index is 651. The molecule has 0 saturated carbocycles. The lowest BCUT2D eigenvalue weighted by molar-refractivity contribution is 0.0715. The fourth-order valence-corrected chi connectivity index (χ4v) is 2.88. The van der Waals surface area contributed by atoms with Gasteiger partial charge < -0.3 is 15.6 Å². The molecule has 3 rings (SSSR count). The summed E-state index contributed by atoms with van der Waals surface area (Å²) in [5.41, 5.74) is 10.1. The van der Waals surface area contributed by atoms with Crippen LogP contribution in [0.3, 0.4) is 0 Å². The van der Waals surface area contributed by atoms with E-state index in [2.05, 4.69) is 18.8 Å². The van der Waals surface area contributed by atoms with E-state index >= 15 is 0 Å². The Morgan fingerprint density at radius 1 is 1.30 bits per heavy atom. The quantitative estimate of drug-likeness (QED) is 0.836. The van der Waals surface area contributed by atoms with Gasteiger partial charge in [-0.25, -0.2) is 0 Å². The second-order valence-corrected chi connectivity index (χ2v) is 5.76. The molecule has 4 heteroatoms. The number of piperidine rings is 1. The van der Waals surface area contributed by atoms with E-state index in [0.29, 0.717) is 0 Å². The molecule has 1 fully saturated rings. The average Bonchev–Trinajstić information content (AvgIpc) is 2.74. The molecule has 1 aromatic carbocycles. The number of rotatable bonds is 1. The van der Waals surface area contributed by atoms with Crippen LogP contribution in [0.4, 0.5) is 0 Å². The van der Waals surface area contributed by atoms with Crippen molar-refractivity contribution in [2.75, 3.05) is 13.1 Å². The highest BCUT2D eigenvalue weighted by atomic mass is 16.2. The lowest BCUT2D eigenvalue weighted by Gasteiger charge is -2.30. The van der Waals surface area contributed by atoms with Crippen LogP contribution < -0.4 is 5.73 Å². The molecule has 3 N–H and O–H groups in total. The third kappa shape index (κ3) is 2.20. The minimum absolute atomic E-state index is 0.122. The molecule has 1 amide bonds. The fourth-order valence-electron chi connectivity index (χ4n) is 2.88. The summed E-state index contributed by atoms with van der Waals surface area (Å²) in [7, 11) is 0. The van der Waals surface area contributed by atoms with Crippen LogP contribution in [0.15, 0.2) is 18.2 Å². The van der Waals surface area contributed by atoms with Gasteiger partial charge in [0.2, 0.25) is 0 Å². The van der Waals surface area contributed by atoms with Crippen molar-refractivity contribution in [3.8, 4) is 0 Å². The van der Waals surface area contributed by atoms with E-state index in [1.807, 2.05) is 23.1 Å². The standard InChI is InChI=1S/C16H21N3O/c1-10-11(2)18-15-4-3-12(9-14(10)15)16(20)19-7-5-13(17)6-8-19/h3-4,9,13,18H,5-8,17H2,1-2H3. The monoisotopic (exact) mass is 271 g/mol. The zero-order valence-electron chi connectivity index (χ0n) is 12.1. The summed E-state index contributed by atoms with van der Waals surface area (Å²) in [6.45, 7) is 5.68. The van der Waals surface area contributed by atoms with Crippen molar-refractivity contribution < 1.29 is 4.79 Å². The number of likely N-dealkylation sites (tertiary alicyclic amines) is 1. The predicted molar refractivity (Wildman–Crippen MR) is 80.9 cm³/mol. The van der Waals surface area contributed by atoms with Crippen molar-refractivity contribution in [3.63, 3.8) is 0 Å². The maximum Gasteiger partial charge on any atom is 0.253 e. The Hall–Kier alpha value is -1.81. The summed E-state index contributed by atoms with van der Waals surface area (Å²) in [6, 6.07) is 6.16. The molecule has 2 heterocycles. The van der Waals surface area contributed by atoms with Crippen LogP contribution in [0, 0.1) is 13.8 Å². The first-order chi connectivity index (χ1) is 9.56. The molecule has 1 aliphatic heterocycles. The van der Waals surface area contributed by atoms with Gasteiger partial charge in [0, 0.05) is 41.3 Å². The minimum atomic E-state index is 0.122. The molecule has 0 bridgehead atoms. The number of hydrogen-bond acceptors (Lipinski definition) is 2. The number of amides is 1. The number of nitrogens with zero attached hydrogens (tertiary/aromatic N) is 1. The normalized spacial score (nSPS) is 16.9. The zero-order chi connectivity index (χ0) is 14.3. The maximum atomic E-state index is 12.5. The lowest BCUT2D eigenvalue weighted by atomic mass is 10.0. The van der Waals surface area contributed by atoms with Crippen molar-refractivity contribution in [3.05, 3.63) is 35.0 Å². The van der Waals surface area contributed by atoms with Gasteiger partial charge >= 0.3 is 0 Å². The van der Waals surface area contributed by atoms with Crippen molar-refractivity contribution >= 4 is 16.8 Å². The van der Waals surface area contributed by atoms with Gasteiger partial charge in [0.15, 0.2) is 0 Å². The second kappa shape index (κ2) is 4.94. The Balaban J connectivity index is 1.90. The first kappa shape index (κ1) is 13.2. The summed E-state index contributed by atoms with van der Waals surface area (Å²) in [4.78, 5) is 17.8. The van der Waals surface area contributed by atoms with Crippen LogP contribution in [-0.4, -0.2) is 34.9 Å². The van der Waals surface area contributed by atoms with Gasteiger partial charge in [0.1, 0.15) is 0 Å². The molecule has 20 heavy (non-hydrogen) atoms. The smallest absolute Gasteiger partial charge is 0.253 e. The molecular weight excluding hydrogens is 250 g/mol. The van der Waals surface area contributed by atoms with Crippen LogP contribution in [0.1, 0.15) is 34.5 Å². The van der Waals surface area contributed by atoms with Crippen molar-refractivity contribution in [1.29, 1.82) is 0 Å². The van der Waals surface area contributed by atoms with Crippen LogP contribution in [0.25, 0.3) is 10.9 Å². The highest BCUT2D eigenvalue weighted by molar-refractivity contribution is 5.99. The first-order valence-electron chi connectivity index (χ1n) is 7.20. The van der Waals surface area contributed by atoms with Gasteiger partial charge in [-0.15, -0.1) is 0 Å². The molecule has 0 radical (unpaired) electrons. The second-order valence-electron chi connectivity index (χ2n) is 5.76. The Kier molecular flexibility index (Phi) is 3.26. The summed E-state index contributed by atoms with van der Waals surface area (Å²) >= 11 is 0. The molecule has 106 valence electrons. The molecule has 1 aliphatic rings. The van der Waals surface area contributed by atoms with Crippen molar-refractivity contribution in [2.45, 2.75) is 32.7 Å². The number of aromatic nitrogens is 1. The zero-order valence-corrected chi connectivity index (χ0v) is 12.1. The van der Waals surface area contributed by atoms with Gasteiger partial charge in [-0.1, -0.05) is 0 Å². The Labute approximate surface area is 118 Å². The third-order valence-electron chi connectivity index (χ3n) is 4.38. The van der Waals surface area contributed by atoms with E-state index in [9.17, 15) is 4.79 Å². The molecule has 0 unspecified atom stereocenters. The lowest BCUT2D eigenvalue weighted by Crippen LogP contribution is -2.42.